The zero-order valence-corrected chi connectivity index (χ0v) is 20.6. The smallest absolute Gasteiger partial charge is 0.410 e. The summed E-state index contributed by atoms with van der Waals surface area (Å²) in [5, 5.41) is 6.70. The third kappa shape index (κ3) is 7.37. The number of piperidine rings is 1. The zero-order valence-electron chi connectivity index (χ0n) is 19.8. The molecule has 1 amide bonds. The van der Waals surface area contributed by atoms with E-state index in [-0.39, 0.29) is 12.1 Å². The molecule has 0 radical (unpaired) electrons. The molecule has 1 N–H and O–H groups in total. The first kappa shape index (κ1) is 23.8. The van der Waals surface area contributed by atoms with Crippen LogP contribution >= 0.6 is 11.3 Å². The van der Waals surface area contributed by atoms with Gasteiger partial charge in [-0.05, 0) is 65.7 Å². The van der Waals surface area contributed by atoms with Crippen LogP contribution in [0.2, 0.25) is 0 Å². The number of aryl methyl sites for hydroxylation is 1. The first-order valence-electron chi connectivity index (χ1n) is 11.7. The molecule has 1 aliphatic heterocycles. The van der Waals surface area contributed by atoms with Crippen LogP contribution in [0.1, 0.15) is 71.0 Å². The number of hydrogen-bond donors (Lipinski definition) is 1. The number of ether oxygens (including phenoxy) is 1. The number of rotatable bonds is 7. The van der Waals surface area contributed by atoms with Gasteiger partial charge in [-0.15, -0.1) is 11.3 Å². The maximum atomic E-state index is 12.9. The minimum atomic E-state index is -0.461. The normalized spacial score (nSPS) is 18.2. The summed E-state index contributed by atoms with van der Waals surface area (Å²) < 4.78 is 5.72. The lowest BCUT2D eigenvalue weighted by molar-refractivity contribution is 0.00928. The molecule has 0 bridgehead atoms. The van der Waals surface area contributed by atoms with Crippen LogP contribution < -0.4 is 5.32 Å². The monoisotopic (exact) mass is 449 g/mol. The number of thiazole rings is 1. The first-order chi connectivity index (χ1) is 14.8. The van der Waals surface area contributed by atoms with Crippen LogP contribution in [0.5, 0.6) is 0 Å². The molecule has 1 saturated heterocycles. The van der Waals surface area contributed by atoms with Crippen molar-refractivity contribution in [3.8, 4) is 0 Å². The lowest BCUT2D eigenvalue weighted by Gasteiger charge is -2.40. The van der Waals surface area contributed by atoms with Crippen molar-refractivity contribution < 1.29 is 9.53 Å². The third-order valence-electron chi connectivity index (χ3n) is 5.61. The number of nitrogens with one attached hydrogen (secondary N) is 1. The Morgan fingerprint density at radius 3 is 2.55 bits per heavy atom. The van der Waals surface area contributed by atoms with Crippen molar-refractivity contribution in [2.24, 2.45) is 10.9 Å². The first-order valence-corrected chi connectivity index (χ1v) is 12.6. The minimum Gasteiger partial charge on any atom is -0.444 e. The van der Waals surface area contributed by atoms with Gasteiger partial charge in [-0.2, -0.15) is 0 Å². The van der Waals surface area contributed by atoms with Crippen LogP contribution in [0.25, 0.3) is 0 Å². The highest BCUT2D eigenvalue weighted by Gasteiger charge is 2.35. The molecule has 0 atom stereocenters. The Bertz CT molecular complexity index is 745. The molecule has 7 nitrogen and oxygen atoms in total. The van der Waals surface area contributed by atoms with Gasteiger partial charge in [0.25, 0.3) is 0 Å². The average Bonchev–Trinajstić information content (AvgIpc) is 3.43. The van der Waals surface area contributed by atoms with E-state index in [2.05, 4.69) is 34.4 Å². The van der Waals surface area contributed by atoms with E-state index in [0.29, 0.717) is 12.5 Å². The maximum Gasteiger partial charge on any atom is 0.410 e. The second-order valence-corrected chi connectivity index (χ2v) is 10.5. The van der Waals surface area contributed by atoms with E-state index in [4.69, 9.17) is 9.73 Å². The molecular formula is C23H39N5O2S. The topological polar surface area (TPSA) is 70.1 Å². The van der Waals surface area contributed by atoms with Crippen LogP contribution in [0.15, 0.2) is 10.4 Å². The number of carbonyl (C=O) groups is 1. The number of amides is 1. The van der Waals surface area contributed by atoms with Gasteiger partial charge in [-0.25, -0.2) is 14.8 Å². The fraction of sp³-hybridized carbons (Fsp3) is 0.783. The van der Waals surface area contributed by atoms with Gasteiger partial charge >= 0.3 is 6.09 Å². The largest absolute Gasteiger partial charge is 0.444 e. The number of hydrogen-bond acceptors (Lipinski definition) is 5. The number of aliphatic imine (C=N–C) groups is 1. The Hall–Kier alpha value is -1.83. The summed E-state index contributed by atoms with van der Waals surface area (Å²) in [6.45, 7) is 14.1. The van der Waals surface area contributed by atoms with Crippen molar-refractivity contribution in [2.45, 2.75) is 84.9 Å². The van der Waals surface area contributed by atoms with E-state index in [1.165, 1.54) is 12.8 Å². The molecule has 8 heteroatoms. The molecule has 2 fully saturated rings. The van der Waals surface area contributed by atoms with Gasteiger partial charge in [-0.1, -0.05) is 6.92 Å². The zero-order chi connectivity index (χ0) is 22.4. The molecule has 3 rings (SSSR count). The average molecular weight is 450 g/mol. The standard InChI is InChI=1S/C23H39N5O2S/c1-6-20-26-18(16-31-20)14-25-21(24-7-2)27-12-10-19(11-13-27)28(15-17-8-9-17)22(29)30-23(3,4)5/h16-17,19H,6-15H2,1-5H3,(H,24,25). The van der Waals surface area contributed by atoms with Gasteiger partial charge in [-0.3, -0.25) is 0 Å². The highest BCUT2D eigenvalue weighted by atomic mass is 32.1. The number of guanidine groups is 1. The highest BCUT2D eigenvalue weighted by molar-refractivity contribution is 7.09. The van der Waals surface area contributed by atoms with Crippen LogP contribution in [0, 0.1) is 5.92 Å². The van der Waals surface area contributed by atoms with Gasteiger partial charge in [0.2, 0.25) is 0 Å². The maximum absolute atomic E-state index is 12.9. The number of carbonyl (C=O) groups excluding carboxylic acids is 1. The molecule has 1 aromatic rings. The Balaban J connectivity index is 1.60. The molecule has 0 unspecified atom stereocenters. The summed E-state index contributed by atoms with van der Waals surface area (Å²) in [5.74, 6) is 1.59. The molecule has 31 heavy (non-hydrogen) atoms. The molecule has 1 aromatic heterocycles. The van der Waals surface area contributed by atoms with E-state index < -0.39 is 5.60 Å². The van der Waals surface area contributed by atoms with Crippen LogP contribution in [0.4, 0.5) is 4.79 Å². The molecular weight excluding hydrogens is 410 g/mol. The lowest BCUT2D eigenvalue weighted by Crippen LogP contribution is -2.52. The molecule has 1 saturated carbocycles. The summed E-state index contributed by atoms with van der Waals surface area (Å²) in [5.41, 5.74) is 0.574. The van der Waals surface area contributed by atoms with Gasteiger partial charge in [0.15, 0.2) is 5.96 Å². The van der Waals surface area contributed by atoms with Crippen LogP contribution in [-0.4, -0.2) is 64.7 Å². The number of aromatic nitrogens is 1. The van der Waals surface area contributed by atoms with Crippen LogP contribution in [0.3, 0.4) is 0 Å². The van der Waals surface area contributed by atoms with E-state index >= 15 is 0 Å². The van der Waals surface area contributed by atoms with Crippen molar-refractivity contribution in [3.63, 3.8) is 0 Å². The second-order valence-electron chi connectivity index (χ2n) is 9.55. The van der Waals surface area contributed by atoms with Gasteiger partial charge in [0.1, 0.15) is 5.60 Å². The molecule has 0 aromatic carbocycles. The van der Waals surface area contributed by atoms with Gasteiger partial charge in [0.05, 0.1) is 17.2 Å². The Labute approximate surface area is 191 Å². The van der Waals surface area contributed by atoms with Gasteiger partial charge in [0, 0.05) is 37.6 Å². The number of nitrogens with zero attached hydrogens (tertiary/aromatic N) is 4. The van der Waals surface area contributed by atoms with E-state index in [0.717, 1.165) is 62.1 Å². The van der Waals surface area contributed by atoms with E-state index in [1.807, 2.05) is 25.7 Å². The highest BCUT2D eigenvalue weighted by Crippen LogP contribution is 2.32. The van der Waals surface area contributed by atoms with Crippen LogP contribution in [-0.2, 0) is 17.7 Å². The van der Waals surface area contributed by atoms with Crippen molar-refractivity contribution in [1.82, 2.24) is 20.1 Å². The fourth-order valence-electron chi connectivity index (χ4n) is 3.83. The lowest BCUT2D eigenvalue weighted by atomic mass is 10.0. The summed E-state index contributed by atoms with van der Waals surface area (Å²) in [6.07, 6.45) is 5.14. The van der Waals surface area contributed by atoms with E-state index in [9.17, 15) is 4.79 Å². The summed E-state index contributed by atoms with van der Waals surface area (Å²) in [6, 6.07) is 0.236. The van der Waals surface area contributed by atoms with Crippen molar-refractivity contribution in [2.75, 3.05) is 26.2 Å². The summed E-state index contributed by atoms with van der Waals surface area (Å²) in [7, 11) is 0. The summed E-state index contributed by atoms with van der Waals surface area (Å²) >= 11 is 1.71. The third-order valence-corrected chi connectivity index (χ3v) is 6.65. The fourth-order valence-corrected chi connectivity index (χ4v) is 4.56. The quantitative estimate of drug-likeness (QED) is 0.497. The molecule has 2 heterocycles. The van der Waals surface area contributed by atoms with Crippen molar-refractivity contribution in [3.05, 3.63) is 16.1 Å². The molecule has 174 valence electrons. The molecule has 0 spiro atoms. The summed E-state index contributed by atoms with van der Waals surface area (Å²) in [4.78, 5) is 26.7. The SMILES string of the molecule is CCNC(=NCc1csc(CC)n1)N1CCC(N(CC2CC2)C(=O)OC(C)(C)C)CC1. The minimum absolute atomic E-state index is 0.159. The number of likely N-dealkylation sites (tertiary alicyclic amines) is 1. The molecule has 2 aliphatic rings. The molecule has 1 aliphatic carbocycles. The Morgan fingerprint density at radius 1 is 1.29 bits per heavy atom. The van der Waals surface area contributed by atoms with E-state index in [1.54, 1.807) is 11.3 Å². The van der Waals surface area contributed by atoms with Crippen molar-refractivity contribution in [1.29, 1.82) is 0 Å². The predicted octanol–water partition coefficient (Wildman–Crippen LogP) is 4.28. The predicted molar refractivity (Wildman–Crippen MR) is 127 cm³/mol. The van der Waals surface area contributed by atoms with Crippen molar-refractivity contribution >= 4 is 23.4 Å². The second kappa shape index (κ2) is 10.7. The Kier molecular flexibility index (Phi) is 8.19. The Morgan fingerprint density at radius 2 is 2.00 bits per heavy atom. The van der Waals surface area contributed by atoms with Gasteiger partial charge < -0.3 is 19.9 Å².